The van der Waals surface area contributed by atoms with Crippen LogP contribution in [-0.4, -0.2) is 36.6 Å². The zero-order valence-electron chi connectivity index (χ0n) is 13.0. The monoisotopic (exact) mass is 290 g/mol. The van der Waals surface area contributed by atoms with Crippen molar-refractivity contribution in [1.82, 2.24) is 4.90 Å². The SMILES string of the molecule is CC(C)CCN1CCC(OC(=O)c2ccc(N)cc2)CC1. The lowest BCUT2D eigenvalue weighted by molar-refractivity contribution is 0.0110. The van der Waals surface area contributed by atoms with Crippen molar-refractivity contribution in [3.05, 3.63) is 29.8 Å². The van der Waals surface area contributed by atoms with Gasteiger partial charge in [0.25, 0.3) is 0 Å². The number of hydrogen-bond donors (Lipinski definition) is 1. The highest BCUT2D eigenvalue weighted by Crippen LogP contribution is 2.17. The van der Waals surface area contributed by atoms with Gasteiger partial charge in [-0.25, -0.2) is 4.79 Å². The standard InChI is InChI=1S/C17H26N2O2/c1-13(2)7-10-19-11-8-16(9-12-19)21-17(20)14-3-5-15(18)6-4-14/h3-6,13,16H,7-12,18H2,1-2H3. The normalized spacial score (nSPS) is 17.1. The number of benzene rings is 1. The zero-order chi connectivity index (χ0) is 15.2. The Morgan fingerprint density at radius 3 is 2.48 bits per heavy atom. The molecule has 21 heavy (non-hydrogen) atoms. The summed E-state index contributed by atoms with van der Waals surface area (Å²) in [5.74, 6) is 0.502. The van der Waals surface area contributed by atoms with Crippen LogP contribution in [0.3, 0.4) is 0 Å². The molecule has 0 spiro atoms. The molecule has 1 heterocycles. The molecule has 0 aliphatic carbocycles. The topological polar surface area (TPSA) is 55.6 Å². The second-order valence-corrected chi connectivity index (χ2v) is 6.25. The van der Waals surface area contributed by atoms with Crippen LogP contribution in [0.15, 0.2) is 24.3 Å². The lowest BCUT2D eigenvalue weighted by Crippen LogP contribution is -2.38. The number of nitrogens with zero attached hydrogens (tertiary/aromatic N) is 1. The summed E-state index contributed by atoms with van der Waals surface area (Å²) in [6.07, 6.45) is 3.14. The smallest absolute Gasteiger partial charge is 0.338 e. The summed E-state index contributed by atoms with van der Waals surface area (Å²) in [6.45, 7) is 7.69. The molecular weight excluding hydrogens is 264 g/mol. The van der Waals surface area contributed by atoms with Crippen LogP contribution in [0, 0.1) is 5.92 Å². The Labute approximate surface area is 127 Å². The van der Waals surface area contributed by atoms with Crippen molar-refractivity contribution >= 4 is 11.7 Å². The molecule has 116 valence electrons. The highest BCUT2D eigenvalue weighted by molar-refractivity contribution is 5.89. The fraction of sp³-hybridized carbons (Fsp3) is 0.588. The van der Waals surface area contributed by atoms with E-state index in [2.05, 4.69) is 18.7 Å². The quantitative estimate of drug-likeness (QED) is 0.669. The number of piperidine rings is 1. The highest BCUT2D eigenvalue weighted by Gasteiger charge is 2.22. The molecule has 0 bridgehead atoms. The fourth-order valence-corrected chi connectivity index (χ4v) is 2.53. The zero-order valence-corrected chi connectivity index (χ0v) is 13.0. The van der Waals surface area contributed by atoms with E-state index < -0.39 is 0 Å². The van der Waals surface area contributed by atoms with Gasteiger partial charge < -0.3 is 15.4 Å². The van der Waals surface area contributed by atoms with Crippen LogP contribution in [0.5, 0.6) is 0 Å². The van der Waals surface area contributed by atoms with E-state index in [4.69, 9.17) is 10.5 Å². The first kappa shape index (κ1) is 15.8. The molecule has 1 aromatic rings. The van der Waals surface area contributed by atoms with Crippen LogP contribution in [0.4, 0.5) is 5.69 Å². The molecule has 0 amide bonds. The third kappa shape index (κ3) is 5.05. The second kappa shape index (κ2) is 7.46. The van der Waals surface area contributed by atoms with E-state index in [-0.39, 0.29) is 12.1 Å². The van der Waals surface area contributed by atoms with Crippen molar-refractivity contribution in [2.45, 2.75) is 39.2 Å². The Hall–Kier alpha value is -1.55. The van der Waals surface area contributed by atoms with E-state index in [9.17, 15) is 4.79 Å². The average molecular weight is 290 g/mol. The number of carbonyl (C=O) groups excluding carboxylic acids is 1. The predicted octanol–water partition coefficient (Wildman–Crippen LogP) is 2.94. The van der Waals surface area contributed by atoms with Crippen molar-refractivity contribution < 1.29 is 9.53 Å². The summed E-state index contributed by atoms with van der Waals surface area (Å²) in [6, 6.07) is 6.89. The summed E-state index contributed by atoms with van der Waals surface area (Å²) in [5.41, 5.74) is 6.85. The molecule has 0 radical (unpaired) electrons. The minimum absolute atomic E-state index is 0.0466. The molecule has 1 saturated heterocycles. The molecule has 0 unspecified atom stereocenters. The molecule has 1 aromatic carbocycles. The molecule has 2 rings (SSSR count). The van der Waals surface area contributed by atoms with E-state index >= 15 is 0 Å². The molecule has 0 saturated carbocycles. The Bertz CT molecular complexity index is 448. The second-order valence-electron chi connectivity index (χ2n) is 6.25. The predicted molar refractivity (Wildman–Crippen MR) is 85.2 cm³/mol. The number of esters is 1. The number of hydrogen-bond acceptors (Lipinski definition) is 4. The highest BCUT2D eigenvalue weighted by atomic mass is 16.5. The van der Waals surface area contributed by atoms with E-state index in [0.29, 0.717) is 11.3 Å². The number of nitrogens with two attached hydrogens (primary N) is 1. The van der Waals surface area contributed by atoms with Crippen LogP contribution in [0.1, 0.15) is 43.5 Å². The largest absolute Gasteiger partial charge is 0.459 e. The van der Waals surface area contributed by atoms with Crippen molar-refractivity contribution in [2.24, 2.45) is 5.92 Å². The van der Waals surface area contributed by atoms with Crippen molar-refractivity contribution in [3.63, 3.8) is 0 Å². The van der Waals surface area contributed by atoms with Crippen LogP contribution in [0.25, 0.3) is 0 Å². The minimum atomic E-state index is -0.240. The minimum Gasteiger partial charge on any atom is -0.459 e. The van der Waals surface area contributed by atoms with Gasteiger partial charge in [-0.1, -0.05) is 13.8 Å². The van der Waals surface area contributed by atoms with Crippen LogP contribution in [0.2, 0.25) is 0 Å². The number of carbonyl (C=O) groups is 1. The van der Waals surface area contributed by atoms with Crippen molar-refractivity contribution in [3.8, 4) is 0 Å². The maximum atomic E-state index is 12.0. The molecule has 0 atom stereocenters. The maximum Gasteiger partial charge on any atom is 0.338 e. The molecular formula is C17H26N2O2. The summed E-state index contributed by atoms with van der Waals surface area (Å²) >= 11 is 0. The Morgan fingerprint density at radius 2 is 1.90 bits per heavy atom. The number of rotatable bonds is 5. The van der Waals surface area contributed by atoms with Gasteiger partial charge in [0, 0.05) is 18.8 Å². The van der Waals surface area contributed by atoms with E-state index in [1.807, 2.05) is 0 Å². The van der Waals surface area contributed by atoms with Crippen LogP contribution in [-0.2, 0) is 4.74 Å². The molecule has 0 aromatic heterocycles. The molecule has 4 nitrogen and oxygen atoms in total. The summed E-state index contributed by atoms with van der Waals surface area (Å²) in [4.78, 5) is 14.5. The summed E-state index contributed by atoms with van der Waals surface area (Å²) in [5, 5.41) is 0. The number of likely N-dealkylation sites (tertiary alicyclic amines) is 1. The van der Waals surface area contributed by atoms with Crippen molar-refractivity contribution in [2.75, 3.05) is 25.4 Å². The third-order valence-corrected chi connectivity index (χ3v) is 3.98. The Kier molecular flexibility index (Phi) is 5.62. The van der Waals surface area contributed by atoms with Gasteiger partial charge in [0.15, 0.2) is 0 Å². The van der Waals surface area contributed by atoms with E-state index in [1.54, 1.807) is 24.3 Å². The van der Waals surface area contributed by atoms with E-state index in [0.717, 1.165) is 38.4 Å². The molecule has 4 heteroatoms. The van der Waals surface area contributed by atoms with Crippen molar-refractivity contribution in [1.29, 1.82) is 0 Å². The van der Waals surface area contributed by atoms with Crippen LogP contribution >= 0.6 is 0 Å². The lowest BCUT2D eigenvalue weighted by atomic mass is 10.1. The van der Waals surface area contributed by atoms with Gasteiger partial charge in [0.1, 0.15) is 6.10 Å². The first-order valence-corrected chi connectivity index (χ1v) is 7.83. The molecule has 2 N–H and O–H groups in total. The Morgan fingerprint density at radius 1 is 1.29 bits per heavy atom. The maximum absolute atomic E-state index is 12.0. The summed E-state index contributed by atoms with van der Waals surface area (Å²) in [7, 11) is 0. The lowest BCUT2D eigenvalue weighted by Gasteiger charge is -2.32. The van der Waals surface area contributed by atoms with Gasteiger partial charge in [-0.15, -0.1) is 0 Å². The summed E-state index contributed by atoms with van der Waals surface area (Å²) < 4.78 is 5.58. The molecule has 1 aliphatic rings. The first-order chi connectivity index (χ1) is 10.0. The van der Waals surface area contributed by atoms with E-state index in [1.165, 1.54) is 6.42 Å². The van der Waals surface area contributed by atoms with Gasteiger partial charge in [-0.2, -0.15) is 0 Å². The number of nitrogen functional groups attached to an aromatic ring is 1. The third-order valence-electron chi connectivity index (χ3n) is 3.98. The molecule has 1 fully saturated rings. The van der Waals surface area contributed by atoms with Gasteiger partial charge in [0.05, 0.1) is 5.56 Å². The average Bonchev–Trinajstić information content (AvgIpc) is 2.47. The fourth-order valence-electron chi connectivity index (χ4n) is 2.53. The van der Waals surface area contributed by atoms with Gasteiger partial charge in [0.2, 0.25) is 0 Å². The number of ether oxygens (including phenoxy) is 1. The van der Waals surface area contributed by atoms with Gasteiger partial charge in [-0.05, 0) is 56.0 Å². The van der Waals surface area contributed by atoms with Gasteiger partial charge >= 0.3 is 5.97 Å². The van der Waals surface area contributed by atoms with Gasteiger partial charge in [-0.3, -0.25) is 0 Å². The Balaban J connectivity index is 1.75. The van der Waals surface area contributed by atoms with Crippen LogP contribution < -0.4 is 5.73 Å². The number of anilines is 1. The first-order valence-electron chi connectivity index (χ1n) is 7.83. The molecule has 1 aliphatic heterocycles.